The van der Waals surface area contributed by atoms with E-state index in [1.54, 1.807) is 6.20 Å². The van der Waals surface area contributed by atoms with Gasteiger partial charge in [0.05, 0.1) is 17.6 Å². The van der Waals surface area contributed by atoms with E-state index in [2.05, 4.69) is 10.3 Å². The normalized spacial score (nSPS) is 21.0. The molecule has 0 radical (unpaired) electrons. The molecule has 15 heavy (non-hydrogen) atoms. The summed E-state index contributed by atoms with van der Waals surface area (Å²) in [7, 11) is 0. The number of hydrogen-bond acceptors (Lipinski definition) is 4. The minimum absolute atomic E-state index is 0. The zero-order valence-electron chi connectivity index (χ0n) is 8.24. The highest BCUT2D eigenvalue weighted by Gasteiger charge is 2.13. The van der Waals surface area contributed by atoms with Crippen molar-refractivity contribution < 1.29 is 4.74 Å². The van der Waals surface area contributed by atoms with Crippen LogP contribution in [0, 0.1) is 0 Å². The van der Waals surface area contributed by atoms with E-state index in [1.165, 1.54) is 17.8 Å². The summed E-state index contributed by atoms with van der Waals surface area (Å²) in [5.74, 6) is 0. The molecule has 1 aliphatic rings. The van der Waals surface area contributed by atoms with Crippen LogP contribution in [0.3, 0.4) is 0 Å². The highest BCUT2D eigenvalue weighted by molar-refractivity contribution is 7.15. The Morgan fingerprint density at radius 2 is 2.53 bits per heavy atom. The molecular weight excluding hydrogens is 255 g/mol. The van der Waals surface area contributed by atoms with Crippen LogP contribution in [0.5, 0.6) is 0 Å². The van der Waals surface area contributed by atoms with Gasteiger partial charge in [0.25, 0.3) is 0 Å². The summed E-state index contributed by atoms with van der Waals surface area (Å²) in [6, 6.07) is 0. The van der Waals surface area contributed by atoms with Crippen molar-refractivity contribution in [1.82, 2.24) is 10.3 Å². The second-order valence-corrected chi connectivity index (χ2v) is 5.06. The number of ether oxygens (including phenoxy) is 1. The lowest BCUT2D eigenvalue weighted by Crippen LogP contribution is -2.35. The summed E-state index contributed by atoms with van der Waals surface area (Å²) >= 11 is 7.21. The summed E-state index contributed by atoms with van der Waals surface area (Å²) in [6.45, 7) is 2.72. The summed E-state index contributed by atoms with van der Waals surface area (Å²) in [4.78, 5) is 5.07. The maximum absolute atomic E-state index is 5.73. The van der Waals surface area contributed by atoms with E-state index < -0.39 is 0 Å². The number of thiazole rings is 1. The Hall–Kier alpha value is 0.130. The van der Waals surface area contributed by atoms with Gasteiger partial charge >= 0.3 is 0 Å². The summed E-state index contributed by atoms with van der Waals surface area (Å²) in [5, 5.41) is 3.31. The zero-order valence-corrected chi connectivity index (χ0v) is 10.6. The van der Waals surface area contributed by atoms with Crippen LogP contribution in [0.2, 0.25) is 4.47 Å². The smallest absolute Gasteiger partial charge is 0.183 e. The minimum atomic E-state index is 0. The largest absolute Gasteiger partial charge is 0.371 e. The van der Waals surface area contributed by atoms with Gasteiger partial charge in [-0.1, -0.05) is 11.6 Å². The van der Waals surface area contributed by atoms with Gasteiger partial charge in [-0.15, -0.1) is 23.7 Å². The van der Waals surface area contributed by atoms with Crippen LogP contribution in [0.1, 0.15) is 17.7 Å². The number of halogens is 2. The summed E-state index contributed by atoms with van der Waals surface area (Å²) < 4.78 is 6.32. The first-order chi connectivity index (χ1) is 6.84. The Balaban J connectivity index is 0.00000112. The fourth-order valence-electron chi connectivity index (χ4n) is 1.51. The van der Waals surface area contributed by atoms with Crippen LogP contribution in [-0.4, -0.2) is 24.2 Å². The van der Waals surface area contributed by atoms with E-state index in [4.69, 9.17) is 16.3 Å². The third-order valence-electron chi connectivity index (χ3n) is 2.24. The SMILES string of the molecule is Cl.Clc1ncc(CO[C@@H]2CCCNC2)s1. The molecule has 1 aliphatic heterocycles. The molecule has 1 saturated heterocycles. The number of nitrogens with one attached hydrogen (secondary N) is 1. The maximum atomic E-state index is 5.73. The molecule has 86 valence electrons. The molecule has 0 aromatic carbocycles. The van der Waals surface area contributed by atoms with E-state index >= 15 is 0 Å². The summed E-state index contributed by atoms with van der Waals surface area (Å²) in [6.07, 6.45) is 4.49. The van der Waals surface area contributed by atoms with Crippen molar-refractivity contribution in [2.45, 2.75) is 25.6 Å². The molecule has 1 aromatic rings. The third kappa shape index (κ3) is 4.25. The predicted molar refractivity (Wildman–Crippen MR) is 65.1 cm³/mol. The van der Waals surface area contributed by atoms with Crippen molar-refractivity contribution in [3.05, 3.63) is 15.5 Å². The molecule has 0 unspecified atom stereocenters. The third-order valence-corrected chi connectivity index (χ3v) is 3.33. The molecule has 0 amide bonds. The number of aromatic nitrogens is 1. The zero-order chi connectivity index (χ0) is 9.80. The Kier molecular flexibility index (Phi) is 5.86. The summed E-state index contributed by atoms with van der Waals surface area (Å²) in [5.41, 5.74) is 0. The van der Waals surface area contributed by atoms with Gasteiger partial charge in [-0.05, 0) is 19.4 Å². The number of rotatable bonds is 3. The van der Waals surface area contributed by atoms with Gasteiger partial charge in [-0.25, -0.2) is 4.98 Å². The van der Waals surface area contributed by atoms with E-state index in [0.717, 1.165) is 24.4 Å². The molecule has 2 heterocycles. The molecule has 0 bridgehead atoms. The number of nitrogens with zero attached hydrogens (tertiary/aromatic N) is 1. The lowest BCUT2D eigenvalue weighted by Gasteiger charge is -2.22. The fraction of sp³-hybridized carbons (Fsp3) is 0.667. The minimum Gasteiger partial charge on any atom is -0.371 e. The van der Waals surface area contributed by atoms with E-state index in [1.807, 2.05) is 0 Å². The van der Waals surface area contributed by atoms with Crippen LogP contribution >= 0.6 is 35.3 Å². The molecule has 3 nitrogen and oxygen atoms in total. The van der Waals surface area contributed by atoms with E-state index in [9.17, 15) is 0 Å². The highest BCUT2D eigenvalue weighted by Crippen LogP contribution is 2.19. The molecule has 1 aromatic heterocycles. The van der Waals surface area contributed by atoms with Gasteiger partial charge in [0.15, 0.2) is 4.47 Å². The average Bonchev–Trinajstić information content (AvgIpc) is 2.63. The molecular formula is C9H14Cl2N2OS. The van der Waals surface area contributed by atoms with Crippen molar-refractivity contribution in [2.75, 3.05) is 13.1 Å². The fourth-order valence-corrected chi connectivity index (χ4v) is 2.41. The predicted octanol–water partition coefficient (Wildman–Crippen LogP) is 2.49. The van der Waals surface area contributed by atoms with Crippen molar-refractivity contribution in [3.63, 3.8) is 0 Å². The number of piperidine rings is 1. The lowest BCUT2D eigenvalue weighted by atomic mass is 10.1. The molecule has 2 rings (SSSR count). The van der Waals surface area contributed by atoms with Gasteiger partial charge in [0, 0.05) is 12.7 Å². The van der Waals surface area contributed by atoms with Gasteiger partial charge in [-0.3, -0.25) is 0 Å². The Bertz CT molecular complexity index is 289. The highest BCUT2D eigenvalue weighted by atomic mass is 35.5. The van der Waals surface area contributed by atoms with Crippen LogP contribution < -0.4 is 5.32 Å². The van der Waals surface area contributed by atoms with Gasteiger partial charge in [0.1, 0.15) is 0 Å². The lowest BCUT2D eigenvalue weighted by molar-refractivity contribution is 0.0266. The molecule has 1 atom stereocenters. The first-order valence-electron chi connectivity index (χ1n) is 4.77. The second-order valence-electron chi connectivity index (χ2n) is 3.36. The van der Waals surface area contributed by atoms with Crippen molar-refractivity contribution in [1.29, 1.82) is 0 Å². The van der Waals surface area contributed by atoms with E-state index in [-0.39, 0.29) is 12.4 Å². The quantitative estimate of drug-likeness (QED) is 0.915. The van der Waals surface area contributed by atoms with Crippen LogP contribution in [0.25, 0.3) is 0 Å². The van der Waals surface area contributed by atoms with Crippen LogP contribution in [-0.2, 0) is 11.3 Å². The Labute approximate surface area is 105 Å². The molecule has 6 heteroatoms. The van der Waals surface area contributed by atoms with Crippen LogP contribution in [0.4, 0.5) is 0 Å². The molecule has 0 spiro atoms. The Morgan fingerprint density at radius 3 is 3.13 bits per heavy atom. The first kappa shape index (κ1) is 13.2. The van der Waals surface area contributed by atoms with Crippen molar-refractivity contribution in [3.8, 4) is 0 Å². The van der Waals surface area contributed by atoms with Crippen LogP contribution in [0.15, 0.2) is 6.20 Å². The van der Waals surface area contributed by atoms with Crippen molar-refractivity contribution in [2.24, 2.45) is 0 Å². The number of hydrogen-bond donors (Lipinski definition) is 1. The standard InChI is InChI=1S/C9H13ClN2OS.ClH/c10-9-12-5-8(14-9)6-13-7-2-1-3-11-4-7;/h5,7,11H,1-4,6H2;1H/t7-;/m1./s1. The Morgan fingerprint density at radius 1 is 1.67 bits per heavy atom. The van der Waals surface area contributed by atoms with E-state index in [0.29, 0.717) is 17.2 Å². The van der Waals surface area contributed by atoms with Gasteiger partial charge in [-0.2, -0.15) is 0 Å². The van der Waals surface area contributed by atoms with Gasteiger partial charge < -0.3 is 10.1 Å². The molecule has 1 N–H and O–H groups in total. The van der Waals surface area contributed by atoms with Crippen molar-refractivity contribution >= 4 is 35.3 Å². The first-order valence-corrected chi connectivity index (χ1v) is 5.96. The molecule has 0 aliphatic carbocycles. The monoisotopic (exact) mass is 268 g/mol. The molecule has 1 fully saturated rings. The maximum Gasteiger partial charge on any atom is 0.183 e. The molecule has 0 saturated carbocycles. The topological polar surface area (TPSA) is 34.1 Å². The second kappa shape index (κ2) is 6.66. The van der Waals surface area contributed by atoms with Gasteiger partial charge in [0.2, 0.25) is 0 Å². The average molecular weight is 269 g/mol.